The zero-order valence-electron chi connectivity index (χ0n) is 22.2. The predicted octanol–water partition coefficient (Wildman–Crippen LogP) is 4.34. The summed E-state index contributed by atoms with van der Waals surface area (Å²) in [6, 6.07) is 22.9. The van der Waals surface area contributed by atoms with Gasteiger partial charge in [-0.25, -0.2) is 4.79 Å². The number of nitrogens with zero attached hydrogens (tertiary/aromatic N) is 1. The molecule has 0 saturated heterocycles. The minimum atomic E-state index is -1.06. The smallest absolute Gasteiger partial charge is 0.408 e. The van der Waals surface area contributed by atoms with Gasteiger partial charge in [0.05, 0.1) is 0 Å². The normalized spacial score (nSPS) is 12.6. The van der Waals surface area contributed by atoms with Crippen molar-refractivity contribution in [3.8, 4) is 5.75 Å². The van der Waals surface area contributed by atoms with E-state index in [9.17, 15) is 19.5 Å². The summed E-state index contributed by atoms with van der Waals surface area (Å²) in [4.78, 5) is 41.2. The molecule has 3 aromatic carbocycles. The molecule has 0 radical (unpaired) electrons. The van der Waals surface area contributed by atoms with Crippen LogP contribution in [-0.2, 0) is 27.3 Å². The second kappa shape index (κ2) is 12.8. The van der Waals surface area contributed by atoms with E-state index in [1.807, 2.05) is 60.7 Å². The van der Waals surface area contributed by atoms with Crippen LogP contribution in [0.1, 0.15) is 43.5 Å². The molecule has 0 heterocycles. The van der Waals surface area contributed by atoms with E-state index < -0.39 is 35.6 Å². The molecule has 0 saturated carbocycles. The van der Waals surface area contributed by atoms with Crippen LogP contribution in [0, 0.1) is 0 Å². The number of alkyl carbamates (subject to hydrolysis) is 1. The number of carbonyl (C=O) groups excluding carboxylic acids is 3. The maximum Gasteiger partial charge on any atom is 0.408 e. The van der Waals surface area contributed by atoms with E-state index in [1.54, 1.807) is 32.9 Å². The highest BCUT2D eigenvalue weighted by Gasteiger charge is 2.34. The Bertz CT molecular complexity index is 1230. The maximum atomic E-state index is 13.8. The summed E-state index contributed by atoms with van der Waals surface area (Å²) in [7, 11) is 1.51. The lowest BCUT2D eigenvalue weighted by Gasteiger charge is -2.32. The molecule has 0 bridgehead atoms. The van der Waals surface area contributed by atoms with Crippen molar-refractivity contribution in [1.29, 1.82) is 0 Å². The lowest BCUT2D eigenvalue weighted by molar-refractivity contribution is -0.140. The maximum absolute atomic E-state index is 13.8. The fourth-order valence-corrected chi connectivity index (χ4v) is 4.00. The van der Waals surface area contributed by atoms with Gasteiger partial charge in [-0.3, -0.25) is 9.59 Å². The second-order valence-electron chi connectivity index (χ2n) is 10.0. The Morgan fingerprint density at radius 2 is 1.50 bits per heavy atom. The van der Waals surface area contributed by atoms with Gasteiger partial charge in [-0.1, -0.05) is 72.8 Å². The average Bonchev–Trinajstić information content (AvgIpc) is 2.87. The summed E-state index contributed by atoms with van der Waals surface area (Å²) in [5.74, 6) is -0.939. The molecule has 3 aromatic rings. The number of carbonyl (C=O) groups is 3. The van der Waals surface area contributed by atoms with Gasteiger partial charge >= 0.3 is 6.09 Å². The number of phenolic OH excluding ortho intramolecular Hbond substituents is 1. The Hall–Kier alpha value is -4.33. The van der Waals surface area contributed by atoms with Gasteiger partial charge in [0, 0.05) is 20.0 Å². The van der Waals surface area contributed by atoms with Crippen LogP contribution >= 0.6 is 0 Å². The van der Waals surface area contributed by atoms with Gasteiger partial charge in [0.1, 0.15) is 23.4 Å². The Balaban J connectivity index is 1.89. The monoisotopic (exact) mass is 517 g/mol. The van der Waals surface area contributed by atoms with Crippen LogP contribution in [0.25, 0.3) is 0 Å². The zero-order chi connectivity index (χ0) is 27.7. The molecule has 0 aliphatic rings. The molecule has 2 atom stereocenters. The van der Waals surface area contributed by atoms with E-state index in [0.29, 0.717) is 5.56 Å². The Morgan fingerprint density at radius 3 is 2.08 bits per heavy atom. The van der Waals surface area contributed by atoms with E-state index in [2.05, 4.69) is 10.6 Å². The third-order valence-corrected chi connectivity index (χ3v) is 5.75. The van der Waals surface area contributed by atoms with Crippen LogP contribution in [-0.4, -0.2) is 46.6 Å². The first-order valence-corrected chi connectivity index (χ1v) is 12.4. The van der Waals surface area contributed by atoms with Crippen molar-refractivity contribution in [1.82, 2.24) is 15.5 Å². The quantitative estimate of drug-likeness (QED) is 0.391. The molecule has 8 heteroatoms. The predicted molar refractivity (Wildman–Crippen MR) is 145 cm³/mol. The number of ether oxygens (including phenoxy) is 1. The number of phenols is 1. The number of nitrogens with one attached hydrogen (secondary N) is 2. The van der Waals surface area contributed by atoms with Crippen LogP contribution < -0.4 is 10.6 Å². The van der Waals surface area contributed by atoms with E-state index in [4.69, 9.17) is 4.74 Å². The van der Waals surface area contributed by atoms with Crippen LogP contribution in [0.3, 0.4) is 0 Å². The topological polar surface area (TPSA) is 108 Å². The first-order valence-electron chi connectivity index (χ1n) is 12.4. The molecule has 0 aliphatic heterocycles. The first kappa shape index (κ1) is 28.2. The molecular formula is C30H35N3O5. The van der Waals surface area contributed by atoms with Crippen molar-refractivity contribution in [3.63, 3.8) is 0 Å². The minimum Gasteiger partial charge on any atom is -0.508 e. The summed E-state index contributed by atoms with van der Waals surface area (Å²) in [5.41, 5.74) is 1.41. The molecular weight excluding hydrogens is 482 g/mol. The van der Waals surface area contributed by atoms with Crippen LogP contribution in [0.15, 0.2) is 84.9 Å². The second-order valence-corrected chi connectivity index (χ2v) is 10.0. The van der Waals surface area contributed by atoms with Crippen molar-refractivity contribution in [2.45, 2.75) is 51.4 Å². The van der Waals surface area contributed by atoms with Gasteiger partial charge in [0.25, 0.3) is 0 Å². The summed E-state index contributed by atoms with van der Waals surface area (Å²) in [6.45, 7) is 5.48. The van der Waals surface area contributed by atoms with Crippen LogP contribution in [0.2, 0.25) is 0 Å². The van der Waals surface area contributed by atoms with E-state index in [1.165, 1.54) is 24.1 Å². The van der Waals surface area contributed by atoms with Crippen molar-refractivity contribution in [2.75, 3.05) is 7.05 Å². The third kappa shape index (κ3) is 8.37. The van der Waals surface area contributed by atoms with E-state index >= 15 is 0 Å². The Kier molecular flexibility index (Phi) is 9.49. The number of benzene rings is 3. The lowest BCUT2D eigenvalue weighted by atomic mass is 10.0. The number of amides is 3. The standard InChI is InChI=1S/C30H35N3O5/c1-30(2,3)38-29(37)32-25(18-21-12-7-5-8-13-21)28(36)33(4)26(23-16-11-17-24(34)19-23)27(35)31-20-22-14-9-6-10-15-22/h5-17,19,25-26,34H,18,20H2,1-4H3,(H,31,35)(H,32,37). The molecule has 0 spiro atoms. The number of hydrogen-bond donors (Lipinski definition) is 3. The van der Waals surface area contributed by atoms with Crippen molar-refractivity contribution < 1.29 is 24.2 Å². The molecule has 38 heavy (non-hydrogen) atoms. The molecule has 3 rings (SSSR count). The van der Waals surface area contributed by atoms with Gasteiger partial charge in [-0.2, -0.15) is 0 Å². The number of likely N-dealkylation sites (N-methyl/N-ethyl adjacent to an activating group) is 1. The zero-order valence-corrected chi connectivity index (χ0v) is 22.2. The first-order chi connectivity index (χ1) is 18.0. The molecule has 3 N–H and O–H groups in total. The average molecular weight is 518 g/mol. The highest BCUT2D eigenvalue weighted by atomic mass is 16.6. The number of rotatable bonds is 9. The van der Waals surface area contributed by atoms with Gasteiger partial charge in [-0.15, -0.1) is 0 Å². The van der Waals surface area contributed by atoms with E-state index in [-0.39, 0.29) is 18.7 Å². The fourth-order valence-electron chi connectivity index (χ4n) is 4.00. The SMILES string of the molecule is CN(C(=O)C(Cc1ccccc1)NC(=O)OC(C)(C)C)C(C(=O)NCc1ccccc1)c1cccc(O)c1. The number of aromatic hydroxyl groups is 1. The van der Waals surface area contributed by atoms with E-state index in [0.717, 1.165) is 11.1 Å². The molecule has 8 nitrogen and oxygen atoms in total. The molecule has 3 amide bonds. The summed E-state index contributed by atoms with van der Waals surface area (Å²) >= 11 is 0. The Morgan fingerprint density at radius 1 is 0.895 bits per heavy atom. The molecule has 0 aromatic heterocycles. The summed E-state index contributed by atoms with van der Waals surface area (Å²) in [5, 5.41) is 15.7. The van der Waals surface area contributed by atoms with Crippen molar-refractivity contribution in [3.05, 3.63) is 102 Å². The van der Waals surface area contributed by atoms with Gasteiger partial charge in [-0.05, 0) is 49.6 Å². The van der Waals surface area contributed by atoms with Crippen LogP contribution in [0.5, 0.6) is 5.75 Å². The highest BCUT2D eigenvalue weighted by molar-refractivity contribution is 5.92. The molecule has 0 aliphatic carbocycles. The molecule has 0 fully saturated rings. The third-order valence-electron chi connectivity index (χ3n) is 5.75. The van der Waals surface area contributed by atoms with Gasteiger partial charge in [0.15, 0.2) is 0 Å². The fraction of sp³-hybridized carbons (Fsp3) is 0.300. The summed E-state index contributed by atoms with van der Waals surface area (Å²) < 4.78 is 5.40. The highest BCUT2D eigenvalue weighted by Crippen LogP contribution is 2.25. The minimum absolute atomic E-state index is 0.0306. The van der Waals surface area contributed by atoms with Crippen molar-refractivity contribution in [2.24, 2.45) is 0 Å². The lowest BCUT2D eigenvalue weighted by Crippen LogP contribution is -2.52. The molecule has 200 valence electrons. The van der Waals surface area contributed by atoms with Crippen molar-refractivity contribution >= 4 is 17.9 Å². The molecule has 2 unspecified atom stereocenters. The number of hydrogen-bond acceptors (Lipinski definition) is 5. The van der Waals surface area contributed by atoms with Gasteiger partial charge < -0.3 is 25.4 Å². The largest absolute Gasteiger partial charge is 0.508 e. The van der Waals surface area contributed by atoms with Crippen LogP contribution in [0.4, 0.5) is 4.79 Å². The van der Waals surface area contributed by atoms with Gasteiger partial charge in [0.2, 0.25) is 11.8 Å². The summed E-state index contributed by atoms with van der Waals surface area (Å²) in [6.07, 6.45) is -0.538. The Labute approximate surface area is 223 Å².